The molecule has 2 aliphatic heterocycles. The topological polar surface area (TPSA) is 64.0 Å². The molecule has 2 unspecified atom stereocenters. The van der Waals surface area contributed by atoms with Crippen LogP contribution in [-0.4, -0.2) is 52.6 Å². The second-order valence-electron chi connectivity index (χ2n) is 9.94. The maximum absolute atomic E-state index is 13.0. The lowest BCUT2D eigenvalue weighted by molar-refractivity contribution is -0.0266. The highest BCUT2D eigenvalue weighted by molar-refractivity contribution is 6.42. The normalized spacial score (nSPS) is 20.4. The highest BCUT2D eigenvalue weighted by Crippen LogP contribution is 2.46. The molecule has 0 spiro atoms. The van der Waals surface area contributed by atoms with Crippen LogP contribution in [0.4, 0.5) is 0 Å². The summed E-state index contributed by atoms with van der Waals surface area (Å²) in [5.41, 5.74) is 2.63. The van der Waals surface area contributed by atoms with Crippen molar-refractivity contribution in [2.45, 2.75) is 36.8 Å². The summed E-state index contributed by atoms with van der Waals surface area (Å²) in [4.78, 5) is 17.2. The predicted molar refractivity (Wildman–Crippen MR) is 143 cm³/mol. The van der Waals surface area contributed by atoms with Crippen molar-refractivity contribution in [3.8, 4) is 5.75 Å². The van der Waals surface area contributed by atoms with Crippen molar-refractivity contribution < 1.29 is 15.0 Å². The van der Waals surface area contributed by atoms with Crippen molar-refractivity contribution in [2.24, 2.45) is 0 Å². The number of hydrogen-bond acceptors (Lipinski definition) is 4. The smallest absolute Gasteiger partial charge is 0.254 e. The summed E-state index contributed by atoms with van der Waals surface area (Å²) >= 11 is 12.6. The minimum atomic E-state index is -0.796. The number of rotatable bonds is 6. The van der Waals surface area contributed by atoms with E-state index in [0.29, 0.717) is 28.5 Å². The van der Waals surface area contributed by atoms with Crippen LogP contribution in [0.3, 0.4) is 0 Å². The van der Waals surface area contributed by atoms with Gasteiger partial charge in [0.15, 0.2) is 0 Å². The van der Waals surface area contributed by atoms with Gasteiger partial charge in [-0.3, -0.25) is 4.79 Å². The first-order chi connectivity index (χ1) is 17.3. The van der Waals surface area contributed by atoms with E-state index in [0.717, 1.165) is 42.7 Å². The van der Waals surface area contributed by atoms with Crippen LogP contribution >= 0.6 is 23.2 Å². The SMILES string of the molecule is CN1C(=O)c2ccc(O)cc2C1C(CCN1CCC(O)(c2ccccc2)CC1)c1ccc(Cl)c(Cl)c1. The van der Waals surface area contributed by atoms with E-state index in [4.69, 9.17) is 23.2 Å². The number of likely N-dealkylation sites (tertiary alicyclic amines) is 1. The molecule has 2 atom stereocenters. The third-order valence-corrected chi connectivity index (χ3v) is 8.56. The number of phenols is 1. The number of piperidine rings is 1. The summed E-state index contributed by atoms with van der Waals surface area (Å²) in [5, 5.41) is 22.4. The molecule has 3 aromatic rings. The monoisotopic (exact) mass is 524 g/mol. The highest BCUT2D eigenvalue weighted by Gasteiger charge is 2.41. The molecule has 188 valence electrons. The molecule has 5 rings (SSSR count). The number of carbonyl (C=O) groups is 1. The molecule has 0 radical (unpaired) electrons. The lowest BCUT2D eigenvalue weighted by Crippen LogP contribution is -2.43. The van der Waals surface area contributed by atoms with Crippen LogP contribution in [0.2, 0.25) is 10.0 Å². The average Bonchev–Trinajstić information content (AvgIpc) is 3.12. The Labute approximate surface area is 221 Å². The van der Waals surface area contributed by atoms with E-state index >= 15 is 0 Å². The van der Waals surface area contributed by atoms with Crippen molar-refractivity contribution in [3.63, 3.8) is 0 Å². The second-order valence-corrected chi connectivity index (χ2v) is 10.8. The summed E-state index contributed by atoms with van der Waals surface area (Å²) in [7, 11) is 1.81. The van der Waals surface area contributed by atoms with Gasteiger partial charge in [-0.05, 0) is 72.8 Å². The Morgan fingerprint density at radius 3 is 2.42 bits per heavy atom. The van der Waals surface area contributed by atoms with Gasteiger partial charge in [0.05, 0.1) is 21.7 Å². The summed E-state index contributed by atoms with van der Waals surface area (Å²) < 4.78 is 0. The fraction of sp³-hybridized carbons (Fsp3) is 0.345. The summed E-state index contributed by atoms with van der Waals surface area (Å²) in [6, 6.07) is 20.3. The summed E-state index contributed by atoms with van der Waals surface area (Å²) in [6.45, 7) is 2.38. The lowest BCUT2D eigenvalue weighted by Gasteiger charge is -2.39. The van der Waals surface area contributed by atoms with Crippen molar-refractivity contribution in [1.82, 2.24) is 9.80 Å². The molecule has 0 aromatic heterocycles. The Balaban J connectivity index is 1.38. The molecule has 2 aliphatic rings. The number of aliphatic hydroxyl groups is 1. The molecule has 0 bridgehead atoms. The molecule has 1 fully saturated rings. The Hall–Kier alpha value is -2.57. The molecular formula is C29H30Cl2N2O3. The number of fused-ring (bicyclic) bond motifs is 1. The maximum Gasteiger partial charge on any atom is 0.254 e. The largest absolute Gasteiger partial charge is 0.508 e. The van der Waals surface area contributed by atoms with Crippen LogP contribution in [-0.2, 0) is 5.60 Å². The van der Waals surface area contributed by atoms with Crippen LogP contribution in [0.15, 0.2) is 66.7 Å². The number of hydrogen-bond donors (Lipinski definition) is 2. The van der Waals surface area contributed by atoms with Gasteiger partial charge in [0, 0.05) is 31.6 Å². The number of halogens is 2. The minimum Gasteiger partial charge on any atom is -0.508 e. The number of aromatic hydroxyl groups is 1. The van der Waals surface area contributed by atoms with E-state index in [1.165, 1.54) is 0 Å². The fourth-order valence-electron chi connectivity index (χ4n) is 5.76. The quantitative estimate of drug-likeness (QED) is 0.416. The van der Waals surface area contributed by atoms with Gasteiger partial charge in [-0.25, -0.2) is 0 Å². The van der Waals surface area contributed by atoms with E-state index in [1.807, 2.05) is 49.5 Å². The molecule has 1 amide bonds. The Morgan fingerprint density at radius 2 is 1.72 bits per heavy atom. The fourth-order valence-corrected chi connectivity index (χ4v) is 6.06. The molecule has 2 N–H and O–H groups in total. The molecule has 0 saturated carbocycles. The Kier molecular flexibility index (Phi) is 7.01. The summed E-state index contributed by atoms with van der Waals surface area (Å²) in [5.74, 6) is 0.0450. The van der Waals surface area contributed by atoms with Crippen molar-refractivity contribution >= 4 is 29.1 Å². The highest BCUT2D eigenvalue weighted by atomic mass is 35.5. The van der Waals surface area contributed by atoms with Gasteiger partial charge in [-0.2, -0.15) is 0 Å². The van der Waals surface area contributed by atoms with Gasteiger partial charge < -0.3 is 20.0 Å². The van der Waals surface area contributed by atoms with Crippen molar-refractivity contribution in [1.29, 1.82) is 0 Å². The average molecular weight is 525 g/mol. The maximum atomic E-state index is 13.0. The lowest BCUT2D eigenvalue weighted by atomic mass is 9.82. The van der Waals surface area contributed by atoms with Crippen LogP contribution in [0.1, 0.15) is 58.3 Å². The molecular weight excluding hydrogens is 495 g/mol. The van der Waals surface area contributed by atoms with Gasteiger partial charge in [-0.1, -0.05) is 59.6 Å². The zero-order chi connectivity index (χ0) is 25.4. The van der Waals surface area contributed by atoms with E-state index in [-0.39, 0.29) is 23.6 Å². The molecule has 1 saturated heterocycles. The first kappa shape index (κ1) is 25.1. The number of likely N-dealkylation sites (N-methyl/N-ethyl adjacent to an activating group) is 1. The molecule has 0 aliphatic carbocycles. The molecule has 36 heavy (non-hydrogen) atoms. The molecule has 2 heterocycles. The Morgan fingerprint density at radius 1 is 1.00 bits per heavy atom. The van der Waals surface area contributed by atoms with Crippen LogP contribution in [0, 0.1) is 0 Å². The minimum absolute atomic E-state index is 0.0494. The number of amides is 1. The molecule has 5 nitrogen and oxygen atoms in total. The Bertz CT molecular complexity index is 1260. The van der Waals surface area contributed by atoms with Gasteiger partial charge in [0.2, 0.25) is 0 Å². The zero-order valence-electron chi connectivity index (χ0n) is 20.2. The van der Waals surface area contributed by atoms with Gasteiger partial charge in [-0.15, -0.1) is 0 Å². The van der Waals surface area contributed by atoms with Gasteiger partial charge >= 0.3 is 0 Å². The number of carbonyl (C=O) groups excluding carboxylic acids is 1. The zero-order valence-corrected chi connectivity index (χ0v) is 21.7. The van der Waals surface area contributed by atoms with E-state index in [2.05, 4.69) is 4.90 Å². The second kappa shape index (κ2) is 10.1. The van der Waals surface area contributed by atoms with Crippen LogP contribution in [0.5, 0.6) is 5.75 Å². The molecule has 7 heteroatoms. The third kappa shape index (κ3) is 4.73. The van der Waals surface area contributed by atoms with Crippen LogP contribution in [0.25, 0.3) is 0 Å². The number of phenolic OH excluding ortho intramolecular Hbond substituents is 1. The van der Waals surface area contributed by atoms with Gasteiger partial charge in [0.1, 0.15) is 5.75 Å². The van der Waals surface area contributed by atoms with Crippen LogP contribution < -0.4 is 0 Å². The van der Waals surface area contributed by atoms with Gasteiger partial charge in [0.25, 0.3) is 5.91 Å². The van der Waals surface area contributed by atoms with E-state index < -0.39 is 5.60 Å². The molecule has 3 aromatic carbocycles. The summed E-state index contributed by atoms with van der Waals surface area (Å²) in [6.07, 6.45) is 2.12. The van der Waals surface area contributed by atoms with Crippen molar-refractivity contribution in [3.05, 3.63) is 99.0 Å². The predicted octanol–water partition coefficient (Wildman–Crippen LogP) is 5.98. The van der Waals surface area contributed by atoms with Crippen molar-refractivity contribution in [2.75, 3.05) is 26.7 Å². The number of nitrogens with zero attached hydrogens (tertiary/aromatic N) is 2. The standard InChI is InChI=1S/C29H30Cl2N2O3/c1-32-27(24-18-21(34)8-9-23(24)28(32)35)22(19-7-10-25(30)26(31)17-19)11-14-33-15-12-29(36,13-16-33)20-5-3-2-4-6-20/h2-10,17-18,22,27,34,36H,11-16H2,1H3. The number of benzene rings is 3. The first-order valence-corrected chi connectivity index (χ1v) is 13.1. The first-order valence-electron chi connectivity index (χ1n) is 12.3. The third-order valence-electron chi connectivity index (χ3n) is 7.83. The van der Waals surface area contributed by atoms with E-state index in [1.54, 1.807) is 29.2 Å². The van der Waals surface area contributed by atoms with E-state index in [9.17, 15) is 15.0 Å².